The number of hydrogen-bond donors (Lipinski definition) is 0. The Morgan fingerprint density at radius 1 is 1.07 bits per heavy atom. The van der Waals surface area contributed by atoms with Gasteiger partial charge in [-0.15, -0.1) is 0 Å². The molecule has 1 aromatic rings. The molecule has 1 heterocycles. The summed E-state index contributed by atoms with van der Waals surface area (Å²) in [4.78, 5) is 13.7. The molecule has 0 N–H and O–H groups in total. The predicted octanol–water partition coefficient (Wildman–Crippen LogP) is 4.89. The van der Waals surface area contributed by atoms with E-state index in [2.05, 4.69) is 0 Å². The van der Waals surface area contributed by atoms with Gasteiger partial charge in [0, 0.05) is 19.5 Å². The molecule has 1 aliphatic heterocycles. The summed E-state index contributed by atoms with van der Waals surface area (Å²) in [6, 6.07) is 4.64. The minimum Gasteiger partial charge on any atom is -0.494 e. The second-order valence-electron chi connectivity index (χ2n) is 7.76. The molecule has 8 heteroatoms. The van der Waals surface area contributed by atoms with E-state index in [0.717, 1.165) is 25.0 Å². The maximum Gasteiger partial charge on any atom is 0.416 e. The van der Waals surface area contributed by atoms with E-state index in [4.69, 9.17) is 14.2 Å². The number of carbonyl (C=O) groups excluding carboxylic acids is 1. The van der Waals surface area contributed by atoms with Gasteiger partial charge in [-0.25, -0.2) is 4.79 Å². The van der Waals surface area contributed by atoms with E-state index in [1.165, 1.54) is 12.1 Å². The van der Waals surface area contributed by atoms with Crippen molar-refractivity contribution in [1.82, 2.24) is 4.90 Å². The number of nitrogens with zero attached hydrogens (tertiary/aromatic N) is 1. The third kappa shape index (κ3) is 7.58. The highest BCUT2D eigenvalue weighted by Gasteiger charge is 2.30. The first kappa shape index (κ1) is 22.3. The summed E-state index contributed by atoms with van der Waals surface area (Å²) < 4.78 is 54.1. The summed E-state index contributed by atoms with van der Waals surface area (Å²) in [5.74, 6) is 0.402. The normalized spacial score (nSPS) is 16.1. The fourth-order valence-electron chi connectivity index (χ4n) is 2.77. The number of likely N-dealkylation sites (tertiary alicyclic amines) is 1. The smallest absolute Gasteiger partial charge is 0.416 e. The second kappa shape index (κ2) is 9.49. The quantitative estimate of drug-likeness (QED) is 0.635. The van der Waals surface area contributed by atoms with Crippen molar-refractivity contribution in [3.63, 3.8) is 0 Å². The minimum absolute atomic E-state index is 0.0877. The minimum atomic E-state index is -4.34. The molecule has 0 saturated carbocycles. The highest BCUT2D eigenvalue weighted by atomic mass is 19.4. The lowest BCUT2D eigenvalue weighted by Gasteiger charge is -2.33. The Morgan fingerprint density at radius 2 is 1.68 bits per heavy atom. The molecular weight excluding hydrogens is 375 g/mol. The van der Waals surface area contributed by atoms with Crippen LogP contribution in [0.1, 0.15) is 45.6 Å². The van der Waals surface area contributed by atoms with Crippen LogP contribution in [0.25, 0.3) is 0 Å². The number of alkyl halides is 3. The number of carbonyl (C=O) groups is 1. The van der Waals surface area contributed by atoms with E-state index in [-0.39, 0.29) is 12.2 Å². The first-order valence-electron chi connectivity index (χ1n) is 9.44. The molecule has 5 nitrogen and oxygen atoms in total. The first-order chi connectivity index (χ1) is 13.0. The maximum atomic E-state index is 12.5. The monoisotopic (exact) mass is 403 g/mol. The van der Waals surface area contributed by atoms with E-state index >= 15 is 0 Å². The number of piperidine rings is 1. The van der Waals surface area contributed by atoms with Crippen LogP contribution < -0.4 is 4.74 Å². The molecule has 1 aliphatic rings. The molecule has 28 heavy (non-hydrogen) atoms. The summed E-state index contributed by atoms with van der Waals surface area (Å²) in [7, 11) is 0. The van der Waals surface area contributed by atoms with Crippen molar-refractivity contribution < 1.29 is 32.2 Å². The van der Waals surface area contributed by atoms with Gasteiger partial charge in [0.05, 0.1) is 24.9 Å². The van der Waals surface area contributed by atoms with Crippen molar-refractivity contribution in [3.8, 4) is 5.75 Å². The van der Waals surface area contributed by atoms with Gasteiger partial charge in [0.1, 0.15) is 11.4 Å². The zero-order valence-electron chi connectivity index (χ0n) is 16.6. The molecule has 1 amide bonds. The van der Waals surface area contributed by atoms with Crippen LogP contribution in [0.15, 0.2) is 24.3 Å². The standard InChI is InChI=1S/C20H28F3NO4/c1-19(2,3)28-18(25)24-11-9-17(10-12-24)27-14-4-13-26-16-7-5-15(6-8-16)20(21,22)23/h5-8,17H,4,9-14H2,1-3H3. The number of halogens is 3. The topological polar surface area (TPSA) is 48.0 Å². The third-order valence-electron chi connectivity index (χ3n) is 4.19. The van der Waals surface area contributed by atoms with Crippen LogP contribution in [0.4, 0.5) is 18.0 Å². The molecule has 158 valence electrons. The molecule has 0 unspecified atom stereocenters. The Balaban J connectivity index is 1.59. The van der Waals surface area contributed by atoms with Crippen LogP contribution in [0.2, 0.25) is 0 Å². The average Bonchev–Trinajstić information content (AvgIpc) is 2.60. The van der Waals surface area contributed by atoms with Crippen molar-refractivity contribution in [1.29, 1.82) is 0 Å². The lowest BCUT2D eigenvalue weighted by atomic mass is 10.1. The van der Waals surface area contributed by atoms with Gasteiger partial charge in [-0.2, -0.15) is 13.2 Å². The van der Waals surface area contributed by atoms with Crippen molar-refractivity contribution >= 4 is 6.09 Å². The van der Waals surface area contributed by atoms with Crippen molar-refractivity contribution in [2.24, 2.45) is 0 Å². The average molecular weight is 403 g/mol. The number of hydrogen-bond acceptors (Lipinski definition) is 4. The van der Waals surface area contributed by atoms with Crippen LogP contribution in [-0.2, 0) is 15.7 Å². The summed E-state index contributed by atoms with van der Waals surface area (Å²) in [6.07, 6.45) is -2.42. The van der Waals surface area contributed by atoms with Gasteiger partial charge >= 0.3 is 12.3 Å². The first-order valence-corrected chi connectivity index (χ1v) is 9.44. The van der Waals surface area contributed by atoms with Gasteiger partial charge in [-0.1, -0.05) is 0 Å². The van der Waals surface area contributed by atoms with Gasteiger partial charge in [0.15, 0.2) is 0 Å². The van der Waals surface area contributed by atoms with Crippen LogP contribution in [0.5, 0.6) is 5.75 Å². The number of amides is 1. The second-order valence-corrected chi connectivity index (χ2v) is 7.76. The fourth-order valence-corrected chi connectivity index (χ4v) is 2.77. The Hall–Kier alpha value is -1.96. The van der Waals surface area contributed by atoms with E-state index < -0.39 is 17.3 Å². The SMILES string of the molecule is CC(C)(C)OC(=O)N1CCC(OCCCOc2ccc(C(F)(F)F)cc2)CC1. The van der Waals surface area contributed by atoms with Gasteiger partial charge in [-0.3, -0.25) is 0 Å². The molecule has 1 fully saturated rings. The van der Waals surface area contributed by atoms with E-state index in [9.17, 15) is 18.0 Å². The maximum absolute atomic E-state index is 12.5. The van der Waals surface area contributed by atoms with Crippen molar-refractivity contribution in [2.45, 2.75) is 57.9 Å². The fraction of sp³-hybridized carbons (Fsp3) is 0.650. The van der Waals surface area contributed by atoms with Gasteiger partial charge in [0.25, 0.3) is 0 Å². The van der Waals surface area contributed by atoms with Crippen LogP contribution in [0, 0.1) is 0 Å². The number of ether oxygens (including phenoxy) is 3. The van der Waals surface area contributed by atoms with Crippen LogP contribution in [0.3, 0.4) is 0 Å². The third-order valence-corrected chi connectivity index (χ3v) is 4.19. The zero-order chi connectivity index (χ0) is 20.8. The van der Waals surface area contributed by atoms with Crippen molar-refractivity contribution in [2.75, 3.05) is 26.3 Å². The van der Waals surface area contributed by atoms with Crippen LogP contribution in [-0.4, -0.2) is 49.0 Å². The molecule has 1 aromatic carbocycles. The summed E-state index contributed by atoms with van der Waals surface area (Å²) in [6.45, 7) is 7.58. The Labute approximate surface area is 163 Å². The largest absolute Gasteiger partial charge is 0.494 e. The molecule has 0 spiro atoms. The molecule has 0 atom stereocenters. The molecular formula is C20H28F3NO4. The Bertz CT molecular complexity index is 618. The molecule has 0 radical (unpaired) electrons. The molecule has 2 rings (SSSR count). The predicted molar refractivity (Wildman–Crippen MR) is 98.3 cm³/mol. The van der Waals surface area contributed by atoms with Gasteiger partial charge in [-0.05, 0) is 57.9 Å². The summed E-state index contributed by atoms with van der Waals surface area (Å²) >= 11 is 0. The highest BCUT2D eigenvalue weighted by molar-refractivity contribution is 5.68. The zero-order valence-corrected chi connectivity index (χ0v) is 16.6. The molecule has 0 bridgehead atoms. The highest BCUT2D eigenvalue weighted by Crippen LogP contribution is 2.30. The lowest BCUT2D eigenvalue weighted by molar-refractivity contribution is -0.137. The van der Waals surface area contributed by atoms with Crippen molar-refractivity contribution in [3.05, 3.63) is 29.8 Å². The van der Waals surface area contributed by atoms with Gasteiger partial charge in [0.2, 0.25) is 0 Å². The Kier molecular flexibility index (Phi) is 7.57. The van der Waals surface area contributed by atoms with E-state index in [1.54, 1.807) is 4.90 Å². The number of rotatable bonds is 6. The Morgan fingerprint density at radius 3 is 2.21 bits per heavy atom. The summed E-state index contributed by atoms with van der Waals surface area (Å²) in [5.41, 5.74) is -1.20. The molecule has 1 saturated heterocycles. The molecule has 0 aromatic heterocycles. The summed E-state index contributed by atoms with van der Waals surface area (Å²) in [5, 5.41) is 0. The van der Waals surface area contributed by atoms with E-state index in [1.807, 2.05) is 20.8 Å². The van der Waals surface area contributed by atoms with Crippen LogP contribution >= 0.6 is 0 Å². The lowest BCUT2D eigenvalue weighted by Crippen LogP contribution is -2.43. The number of benzene rings is 1. The van der Waals surface area contributed by atoms with E-state index in [0.29, 0.717) is 38.5 Å². The molecule has 0 aliphatic carbocycles. The van der Waals surface area contributed by atoms with Gasteiger partial charge < -0.3 is 19.1 Å².